The summed E-state index contributed by atoms with van der Waals surface area (Å²) in [7, 11) is 4.46. The Morgan fingerprint density at radius 2 is 1.53 bits per heavy atom. The van der Waals surface area contributed by atoms with Gasteiger partial charge in [-0.1, -0.05) is 84.0 Å². The molecule has 6 nitrogen and oxygen atoms in total. The summed E-state index contributed by atoms with van der Waals surface area (Å²) in [5.74, 6) is 0.458. The summed E-state index contributed by atoms with van der Waals surface area (Å²) in [6.07, 6.45) is 20.9. The lowest BCUT2D eigenvalue weighted by atomic mass is 10.0. The number of quaternary nitrogens is 1. The SMILES string of the molecule is CCCCCCCCCCCCCCCC(=O)NCCC[N+](C)(C)Cc1cnc(C)c2c1COC(C)(C)O2. The average molecular weight is 533 g/mol. The zero-order chi connectivity index (χ0) is 27.9. The number of nitrogens with zero attached hydrogens (tertiary/aromatic N) is 2. The molecular weight excluding hydrogens is 474 g/mol. The molecule has 0 bridgehead atoms. The number of carbonyl (C=O) groups excluding carboxylic acids is 1. The summed E-state index contributed by atoms with van der Waals surface area (Å²) in [4.78, 5) is 16.8. The molecule has 0 saturated carbocycles. The number of carbonyl (C=O) groups is 1. The summed E-state index contributed by atoms with van der Waals surface area (Å²) in [5.41, 5.74) is 3.21. The molecule has 1 aromatic rings. The molecule has 2 heterocycles. The van der Waals surface area contributed by atoms with E-state index in [1.807, 2.05) is 27.0 Å². The Balaban J connectivity index is 1.52. The van der Waals surface area contributed by atoms with Gasteiger partial charge in [0.1, 0.15) is 12.3 Å². The fraction of sp³-hybridized carbons (Fsp3) is 0.812. The van der Waals surface area contributed by atoms with Crippen molar-refractivity contribution in [3.8, 4) is 5.75 Å². The van der Waals surface area contributed by atoms with Crippen LogP contribution in [-0.2, 0) is 22.7 Å². The van der Waals surface area contributed by atoms with E-state index in [2.05, 4.69) is 31.3 Å². The van der Waals surface area contributed by atoms with Crippen LogP contribution < -0.4 is 10.1 Å². The van der Waals surface area contributed by atoms with Crippen molar-refractivity contribution in [2.24, 2.45) is 0 Å². The number of hydrogen-bond acceptors (Lipinski definition) is 4. The van der Waals surface area contributed by atoms with E-state index >= 15 is 0 Å². The molecule has 0 aliphatic carbocycles. The van der Waals surface area contributed by atoms with Gasteiger partial charge >= 0.3 is 0 Å². The Hall–Kier alpha value is -1.66. The first-order chi connectivity index (χ1) is 18.1. The zero-order valence-corrected chi connectivity index (χ0v) is 25.6. The van der Waals surface area contributed by atoms with Gasteiger partial charge in [0.2, 0.25) is 11.7 Å². The number of rotatable bonds is 20. The Bertz CT molecular complexity index is 822. The van der Waals surface area contributed by atoms with E-state index in [0.717, 1.165) is 54.0 Å². The molecule has 38 heavy (non-hydrogen) atoms. The normalized spacial score (nSPS) is 14.7. The van der Waals surface area contributed by atoms with Gasteiger partial charge in [-0.15, -0.1) is 0 Å². The number of aromatic nitrogens is 1. The minimum Gasteiger partial charge on any atom is -0.461 e. The fourth-order valence-electron chi connectivity index (χ4n) is 5.29. The van der Waals surface area contributed by atoms with Crippen LogP contribution in [0.1, 0.15) is 134 Å². The lowest BCUT2D eigenvalue weighted by molar-refractivity contribution is -0.903. The maximum Gasteiger partial charge on any atom is 0.219 e. The monoisotopic (exact) mass is 532 g/mol. The minimum atomic E-state index is -0.617. The third-order valence-corrected chi connectivity index (χ3v) is 7.68. The van der Waals surface area contributed by atoms with Crippen molar-refractivity contribution in [1.29, 1.82) is 0 Å². The lowest BCUT2D eigenvalue weighted by Gasteiger charge is -2.36. The zero-order valence-electron chi connectivity index (χ0n) is 25.6. The van der Waals surface area contributed by atoms with Crippen LogP contribution in [0.3, 0.4) is 0 Å². The smallest absolute Gasteiger partial charge is 0.219 e. The van der Waals surface area contributed by atoms with Gasteiger partial charge in [0.05, 0.1) is 32.9 Å². The van der Waals surface area contributed by atoms with Gasteiger partial charge in [0, 0.05) is 50.6 Å². The van der Waals surface area contributed by atoms with Crippen LogP contribution in [-0.4, -0.2) is 48.3 Å². The van der Waals surface area contributed by atoms with Crippen molar-refractivity contribution in [2.75, 3.05) is 27.2 Å². The number of amides is 1. The van der Waals surface area contributed by atoms with E-state index in [1.54, 1.807) is 0 Å². The van der Waals surface area contributed by atoms with E-state index < -0.39 is 5.79 Å². The summed E-state index contributed by atoms with van der Waals surface area (Å²) in [6.45, 7) is 11.3. The highest BCUT2D eigenvalue weighted by Gasteiger charge is 2.32. The van der Waals surface area contributed by atoms with Crippen LogP contribution in [0, 0.1) is 6.92 Å². The second-order valence-electron chi connectivity index (χ2n) is 12.5. The fourth-order valence-corrected chi connectivity index (χ4v) is 5.29. The van der Waals surface area contributed by atoms with Crippen LogP contribution in [0.25, 0.3) is 0 Å². The van der Waals surface area contributed by atoms with Crippen molar-refractivity contribution in [1.82, 2.24) is 10.3 Å². The molecule has 1 aliphatic heterocycles. The van der Waals surface area contributed by atoms with E-state index in [1.165, 1.54) is 82.6 Å². The molecule has 0 saturated heterocycles. The largest absolute Gasteiger partial charge is 0.461 e. The Morgan fingerprint density at radius 3 is 2.13 bits per heavy atom. The van der Waals surface area contributed by atoms with Gasteiger partial charge in [-0.3, -0.25) is 9.78 Å². The van der Waals surface area contributed by atoms with Gasteiger partial charge < -0.3 is 19.3 Å². The minimum absolute atomic E-state index is 0.201. The second-order valence-corrected chi connectivity index (χ2v) is 12.5. The molecule has 0 radical (unpaired) electrons. The molecular formula is C32H58N3O3+. The predicted octanol–water partition coefficient (Wildman–Crippen LogP) is 7.60. The number of hydrogen-bond donors (Lipinski definition) is 1. The Morgan fingerprint density at radius 1 is 0.947 bits per heavy atom. The lowest BCUT2D eigenvalue weighted by Crippen LogP contribution is -2.42. The number of fused-ring (bicyclic) bond motifs is 1. The first kappa shape index (κ1) is 32.6. The molecule has 1 aromatic heterocycles. The summed E-state index contributed by atoms with van der Waals surface area (Å²) < 4.78 is 12.8. The Kier molecular flexibility index (Phi) is 14.7. The van der Waals surface area contributed by atoms with Crippen molar-refractivity contribution in [3.63, 3.8) is 0 Å². The maximum atomic E-state index is 12.3. The highest BCUT2D eigenvalue weighted by molar-refractivity contribution is 5.75. The van der Waals surface area contributed by atoms with Crippen molar-refractivity contribution < 1.29 is 18.8 Å². The van der Waals surface area contributed by atoms with E-state index in [-0.39, 0.29) is 5.91 Å². The van der Waals surface area contributed by atoms with E-state index in [0.29, 0.717) is 13.0 Å². The molecule has 0 spiro atoms. The number of unbranched alkanes of at least 4 members (excludes halogenated alkanes) is 12. The summed E-state index contributed by atoms with van der Waals surface area (Å²) in [5, 5.41) is 3.13. The highest BCUT2D eigenvalue weighted by atomic mass is 16.7. The second kappa shape index (κ2) is 17.1. The van der Waals surface area contributed by atoms with Crippen LogP contribution >= 0.6 is 0 Å². The molecule has 0 atom stereocenters. The van der Waals surface area contributed by atoms with Crippen molar-refractivity contribution in [2.45, 2.75) is 143 Å². The van der Waals surface area contributed by atoms with Crippen molar-refractivity contribution in [3.05, 3.63) is 23.0 Å². The topological polar surface area (TPSA) is 60.5 Å². The van der Waals surface area contributed by atoms with Crippen LogP contribution in [0.4, 0.5) is 0 Å². The highest BCUT2D eigenvalue weighted by Crippen LogP contribution is 2.35. The van der Waals surface area contributed by atoms with Crippen LogP contribution in [0.5, 0.6) is 5.75 Å². The maximum absolute atomic E-state index is 12.3. The van der Waals surface area contributed by atoms with Crippen LogP contribution in [0.2, 0.25) is 0 Å². The third kappa shape index (κ3) is 12.9. The molecule has 0 unspecified atom stereocenters. The molecule has 1 N–H and O–H groups in total. The molecule has 218 valence electrons. The van der Waals surface area contributed by atoms with Crippen molar-refractivity contribution >= 4 is 5.91 Å². The van der Waals surface area contributed by atoms with Gasteiger partial charge in [-0.25, -0.2) is 0 Å². The summed E-state index contributed by atoms with van der Waals surface area (Å²) >= 11 is 0. The molecule has 0 aromatic carbocycles. The predicted molar refractivity (Wildman–Crippen MR) is 157 cm³/mol. The number of pyridine rings is 1. The first-order valence-corrected chi connectivity index (χ1v) is 15.5. The Labute approximate surface area is 233 Å². The average Bonchev–Trinajstić information content (AvgIpc) is 2.86. The quantitative estimate of drug-likeness (QED) is 0.139. The van der Waals surface area contributed by atoms with E-state index in [4.69, 9.17) is 9.47 Å². The van der Waals surface area contributed by atoms with E-state index in [9.17, 15) is 4.79 Å². The van der Waals surface area contributed by atoms with Crippen LogP contribution in [0.15, 0.2) is 6.20 Å². The summed E-state index contributed by atoms with van der Waals surface area (Å²) in [6, 6.07) is 0. The first-order valence-electron chi connectivity index (χ1n) is 15.5. The standard InChI is InChI=1S/C32H57N3O3/c1-7-8-9-10-11-12-13-14-15-16-17-18-19-21-30(36)33-22-20-23-35(5,6)25-28-24-34-27(2)31-29(28)26-37-32(3,4)38-31/h24H,7-23,25-26H2,1-6H3/p+1. The van der Waals surface area contributed by atoms with Gasteiger partial charge in [-0.2, -0.15) is 0 Å². The third-order valence-electron chi connectivity index (χ3n) is 7.68. The molecule has 1 amide bonds. The molecule has 0 fully saturated rings. The molecule has 6 heteroatoms. The van der Waals surface area contributed by atoms with Gasteiger partial charge in [-0.05, 0) is 13.3 Å². The van der Waals surface area contributed by atoms with Gasteiger partial charge in [0.15, 0.2) is 0 Å². The number of aryl methyl sites for hydroxylation is 1. The van der Waals surface area contributed by atoms with Gasteiger partial charge in [0.25, 0.3) is 0 Å². The number of nitrogens with one attached hydrogen (secondary N) is 1. The number of ether oxygens (including phenoxy) is 2. The molecule has 2 rings (SSSR count). The molecule has 1 aliphatic rings.